The third-order valence-corrected chi connectivity index (χ3v) is 4.36. The lowest BCUT2D eigenvalue weighted by atomic mass is 10.1. The minimum atomic E-state index is -0.650. The average molecular weight is 398 g/mol. The largest absolute Gasteiger partial charge is 0.450 e. The van der Waals surface area contributed by atoms with Crippen molar-refractivity contribution in [1.29, 1.82) is 0 Å². The van der Waals surface area contributed by atoms with E-state index in [9.17, 15) is 4.79 Å². The van der Waals surface area contributed by atoms with Crippen LogP contribution in [0.4, 0.5) is 0 Å². The van der Waals surface area contributed by atoms with Crippen LogP contribution in [0.3, 0.4) is 0 Å². The third-order valence-electron chi connectivity index (χ3n) is 4.11. The number of esters is 1. The van der Waals surface area contributed by atoms with Gasteiger partial charge in [-0.25, -0.2) is 24.0 Å². The topological polar surface area (TPSA) is 100 Å². The van der Waals surface area contributed by atoms with E-state index in [0.717, 1.165) is 17.0 Å². The molecule has 10 heteroatoms. The van der Waals surface area contributed by atoms with Gasteiger partial charge in [0, 0.05) is 16.4 Å². The quantitative estimate of drug-likeness (QED) is 0.477. The number of hydrogen-bond donors (Lipinski definition) is 0. The van der Waals surface area contributed by atoms with Crippen molar-refractivity contribution in [2.24, 2.45) is 0 Å². The number of rotatable bonds is 5. The molecule has 0 saturated heterocycles. The second-order valence-corrected chi connectivity index (χ2v) is 6.69. The number of carbonyl (C=O) groups excluding carboxylic acids is 1. The molecule has 4 aromatic rings. The zero-order valence-electron chi connectivity index (χ0n) is 15.2. The highest BCUT2D eigenvalue weighted by Crippen LogP contribution is 2.22. The molecular weight excluding hydrogens is 382 g/mol. The molecule has 0 fully saturated rings. The number of aryl methyl sites for hydroxylation is 2. The summed E-state index contributed by atoms with van der Waals surface area (Å²) in [6.45, 7) is 4.01. The number of hydrogen-bond acceptors (Lipinski definition) is 7. The van der Waals surface area contributed by atoms with E-state index in [4.69, 9.17) is 16.3 Å². The van der Waals surface area contributed by atoms with Gasteiger partial charge in [0.25, 0.3) is 11.6 Å². The zero-order valence-corrected chi connectivity index (χ0v) is 15.9. The van der Waals surface area contributed by atoms with E-state index in [-0.39, 0.29) is 12.4 Å². The van der Waals surface area contributed by atoms with Gasteiger partial charge in [-0.05, 0) is 37.6 Å². The maximum Gasteiger partial charge on any atom is 0.379 e. The number of fused-ring (bicyclic) bond motifs is 1. The average Bonchev–Trinajstić information content (AvgIpc) is 3.31. The summed E-state index contributed by atoms with van der Waals surface area (Å²) in [7, 11) is 0. The Hall–Kier alpha value is -3.33. The molecule has 3 aromatic heterocycles. The third kappa shape index (κ3) is 3.70. The molecule has 0 amide bonds. The highest BCUT2D eigenvalue weighted by molar-refractivity contribution is 6.30. The first-order valence-electron chi connectivity index (χ1n) is 8.49. The van der Waals surface area contributed by atoms with Crippen molar-refractivity contribution in [2.75, 3.05) is 0 Å². The molecule has 0 aliphatic rings. The molecule has 0 aliphatic carbocycles. The van der Waals surface area contributed by atoms with Crippen LogP contribution in [0.15, 0.2) is 43.0 Å². The second-order valence-electron chi connectivity index (χ2n) is 6.25. The van der Waals surface area contributed by atoms with Crippen LogP contribution in [0.25, 0.3) is 5.78 Å². The molecule has 4 rings (SSSR count). The molecular formula is C18H16ClN7O2. The molecule has 142 valence electrons. The van der Waals surface area contributed by atoms with Crippen LogP contribution in [0, 0.1) is 13.8 Å². The van der Waals surface area contributed by atoms with Gasteiger partial charge in [-0.1, -0.05) is 23.7 Å². The Balaban J connectivity index is 1.63. The molecule has 3 heterocycles. The zero-order chi connectivity index (χ0) is 19.7. The van der Waals surface area contributed by atoms with E-state index in [1.54, 1.807) is 35.3 Å². The van der Waals surface area contributed by atoms with Crippen LogP contribution in [-0.2, 0) is 11.3 Å². The van der Waals surface area contributed by atoms with Crippen molar-refractivity contribution in [3.05, 3.63) is 70.8 Å². The number of halogens is 1. The van der Waals surface area contributed by atoms with Gasteiger partial charge >= 0.3 is 5.97 Å². The number of ether oxygens (including phenoxy) is 1. The smallest absolute Gasteiger partial charge is 0.379 e. The number of benzene rings is 1. The lowest BCUT2D eigenvalue weighted by Gasteiger charge is -2.17. The standard InChI is InChI=1S/C18H16ClN7O2/c1-11-7-12(2)26-18(22-11)23-16(24-26)17(27)28-15(8-25-10-20-9-21-25)13-3-5-14(19)6-4-13/h3-7,9-10,15H,8H2,1-2H3. The first-order chi connectivity index (χ1) is 13.5. The highest BCUT2D eigenvalue weighted by Gasteiger charge is 2.23. The van der Waals surface area contributed by atoms with E-state index >= 15 is 0 Å². The van der Waals surface area contributed by atoms with Crippen molar-refractivity contribution in [3.8, 4) is 0 Å². The van der Waals surface area contributed by atoms with Gasteiger partial charge < -0.3 is 4.74 Å². The van der Waals surface area contributed by atoms with Crippen LogP contribution < -0.4 is 0 Å². The van der Waals surface area contributed by atoms with Gasteiger partial charge in [0.1, 0.15) is 18.8 Å². The summed E-state index contributed by atoms with van der Waals surface area (Å²) in [6, 6.07) is 8.92. The number of nitrogens with zero attached hydrogens (tertiary/aromatic N) is 7. The summed E-state index contributed by atoms with van der Waals surface area (Å²) in [6.07, 6.45) is 2.35. The lowest BCUT2D eigenvalue weighted by molar-refractivity contribution is 0.0232. The van der Waals surface area contributed by atoms with Crippen LogP contribution in [0.1, 0.15) is 33.7 Å². The minimum absolute atomic E-state index is 0.0567. The van der Waals surface area contributed by atoms with Crippen molar-refractivity contribution in [3.63, 3.8) is 0 Å². The Kier molecular flexibility index (Phi) is 4.74. The Morgan fingerprint density at radius 3 is 2.71 bits per heavy atom. The molecule has 9 nitrogen and oxygen atoms in total. The summed E-state index contributed by atoms with van der Waals surface area (Å²) in [5.41, 5.74) is 2.38. The molecule has 1 aromatic carbocycles. The fraction of sp³-hybridized carbons (Fsp3) is 0.222. The van der Waals surface area contributed by atoms with Gasteiger partial charge in [-0.15, -0.1) is 5.10 Å². The summed E-state index contributed by atoms with van der Waals surface area (Å²) < 4.78 is 8.79. The Morgan fingerprint density at radius 2 is 2.00 bits per heavy atom. The van der Waals surface area contributed by atoms with E-state index in [0.29, 0.717) is 10.8 Å². The van der Waals surface area contributed by atoms with Crippen LogP contribution in [0.5, 0.6) is 0 Å². The summed E-state index contributed by atoms with van der Waals surface area (Å²) in [4.78, 5) is 25.1. The van der Waals surface area contributed by atoms with Gasteiger partial charge in [-0.3, -0.25) is 0 Å². The Bertz CT molecular complexity index is 1120. The van der Waals surface area contributed by atoms with Crippen molar-refractivity contribution < 1.29 is 9.53 Å². The lowest BCUT2D eigenvalue weighted by Crippen LogP contribution is -2.18. The fourth-order valence-corrected chi connectivity index (χ4v) is 2.95. The van der Waals surface area contributed by atoms with Crippen molar-refractivity contribution >= 4 is 23.3 Å². The molecule has 1 unspecified atom stereocenters. The van der Waals surface area contributed by atoms with Crippen LogP contribution in [-0.4, -0.2) is 40.3 Å². The van der Waals surface area contributed by atoms with Crippen LogP contribution in [0.2, 0.25) is 5.02 Å². The summed E-state index contributed by atoms with van der Waals surface area (Å²) in [5, 5.41) is 8.89. The molecule has 1 atom stereocenters. The van der Waals surface area contributed by atoms with E-state index < -0.39 is 12.1 Å². The SMILES string of the molecule is Cc1cc(C)n2nc(C(=O)OC(Cn3cncn3)c3ccc(Cl)cc3)nc2n1. The van der Waals surface area contributed by atoms with Gasteiger partial charge in [0.15, 0.2) is 0 Å². The number of aromatic nitrogens is 7. The van der Waals surface area contributed by atoms with Gasteiger partial charge in [-0.2, -0.15) is 10.1 Å². The summed E-state index contributed by atoms with van der Waals surface area (Å²) in [5.74, 6) is -0.356. The first kappa shape index (κ1) is 18.1. The Morgan fingerprint density at radius 1 is 1.21 bits per heavy atom. The van der Waals surface area contributed by atoms with Crippen LogP contribution >= 0.6 is 11.6 Å². The molecule has 0 saturated carbocycles. The molecule has 0 aliphatic heterocycles. The first-order valence-corrected chi connectivity index (χ1v) is 8.87. The van der Waals surface area contributed by atoms with Gasteiger partial charge in [0.2, 0.25) is 0 Å². The molecule has 0 N–H and O–H groups in total. The maximum absolute atomic E-state index is 12.7. The number of carbonyl (C=O) groups is 1. The van der Waals surface area contributed by atoms with E-state index in [1.165, 1.54) is 10.8 Å². The molecule has 0 bridgehead atoms. The normalized spacial score (nSPS) is 12.2. The molecule has 0 spiro atoms. The molecule has 0 radical (unpaired) electrons. The summed E-state index contributed by atoms with van der Waals surface area (Å²) >= 11 is 5.97. The second kappa shape index (κ2) is 7.35. The van der Waals surface area contributed by atoms with E-state index in [1.807, 2.05) is 19.9 Å². The van der Waals surface area contributed by atoms with Crippen molar-refractivity contribution in [2.45, 2.75) is 26.5 Å². The Labute approximate surface area is 165 Å². The predicted octanol–water partition coefficient (Wildman–Crippen LogP) is 2.58. The van der Waals surface area contributed by atoms with E-state index in [2.05, 4.69) is 25.1 Å². The maximum atomic E-state index is 12.7. The predicted molar refractivity (Wildman–Crippen MR) is 99.9 cm³/mol. The minimum Gasteiger partial charge on any atom is -0.450 e. The van der Waals surface area contributed by atoms with Crippen molar-refractivity contribution in [1.82, 2.24) is 34.3 Å². The molecule has 28 heavy (non-hydrogen) atoms. The monoisotopic (exact) mass is 397 g/mol. The highest BCUT2D eigenvalue weighted by atomic mass is 35.5. The van der Waals surface area contributed by atoms with Gasteiger partial charge in [0.05, 0.1) is 6.54 Å². The fourth-order valence-electron chi connectivity index (χ4n) is 2.82.